The van der Waals surface area contributed by atoms with Crippen molar-refractivity contribution < 1.29 is 41.8 Å². The van der Waals surface area contributed by atoms with E-state index in [2.05, 4.69) is 10.3 Å². The summed E-state index contributed by atoms with van der Waals surface area (Å²) in [6, 6.07) is 4.94. The molecule has 1 N–H and O–H groups in total. The number of aryl methyl sites for hydroxylation is 1. The van der Waals surface area contributed by atoms with E-state index in [0.29, 0.717) is 42.0 Å². The minimum absolute atomic E-state index is 0.221. The van der Waals surface area contributed by atoms with Gasteiger partial charge in [0, 0.05) is 18.0 Å². The molecule has 0 aliphatic heterocycles. The SMILES string of the molecule is CCOCCn1c(=NC(=O)CS(=O)(=O)CC(=O)Nc2sc3c(c2C(=O)OC)CCCC3)sc2cc(C(=O)OCC)ccc21. The number of hydrogen-bond acceptors (Lipinski definition) is 11. The van der Waals surface area contributed by atoms with Crippen molar-refractivity contribution >= 4 is 71.5 Å². The average Bonchev–Trinajstić information content (AvgIpc) is 3.48. The minimum Gasteiger partial charge on any atom is -0.465 e. The lowest BCUT2D eigenvalue weighted by Crippen LogP contribution is -2.28. The van der Waals surface area contributed by atoms with Crippen molar-refractivity contribution in [2.24, 2.45) is 4.99 Å². The van der Waals surface area contributed by atoms with Gasteiger partial charge in [-0.05, 0) is 63.3 Å². The zero-order chi connectivity index (χ0) is 31.1. The summed E-state index contributed by atoms with van der Waals surface area (Å²) in [4.78, 5) is 55.5. The van der Waals surface area contributed by atoms with E-state index >= 15 is 0 Å². The Hall–Kier alpha value is -3.40. The molecule has 4 rings (SSSR count). The number of hydrogen-bond donors (Lipinski definition) is 1. The molecular weight excluding hydrogens is 619 g/mol. The first-order valence-electron chi connectivity index (χ1n) is 13.8. The first-order chi connectivity index (χ1) is 20.6. The molecular formula is C28H33N3O9S3. The van der Waals surface area contributed by atoms with Crippen LogP contribution < -0.4 is 10.1 Å². The molecule has 1 aromatic carbocycles. The van der Waals surface area contributed by atoms with Crippen LogP contribution in [0.5, 0.6) is 0 Å². The van der Waals surface area contributed by atoms with Crippen LogP contribution in [0.25, 0.3) is 10.2 Å². The van der Waals surface area contributed by atoms with E-state index in [-0.39, 0.29) is 22.0 Å². The Balaban J connectivity index is 1.53. The van der Waals surface area contributed by atoms with E-state index in [0.717, 1.165) is 41.0 Å². The van der Waals surface area contributed by atoms with Crippen LogP contribution in [0.2, 0.25) is 0 Å². The van der Waals surface area contributed by atoms with Crippen molar-refractivity contribution in [2.45, 2.75) is 46.1 Å². The molecule has 0 radical (unpaired) electrons. The molecule has 0 atom stereocenters. The van der Waals surface area contributed by atoms with Crippen molar-refractivity contribution in [3.8, 4) is 0 Å². The minimum atomic E-state index is -4.21. The van der Waals surface area contributed by atoms with Gasteiger partial charge in [0.1, 0.15) is 16.5 Å². The zero-order valence-corrected chi connectivity index (χ0v) is 26.5. The maximum atomic E-state index is 12.9. The van der Waals surface area contributed by atoms with Gasteiger partial charge in [0.05, 0.1) is 41.7 Å². The van der Waals surface area contributed by atoms with Crippen LogP contribution in [-0.2, 0) is 53.0 Å². The summed E-state index contributed by atoms with van der Waals surface area (Å²) in [5, 5.41) is 2.79. The first kappa shape index (κ1) is 32.5. The molecule has 0 saturated carbocycles. The molecule has 1 aliphatic rings. The van der Waals surface area contributed by atoms with Gasteiger partial charge in [-0.15, -0.1) is 11.3 Å². The summed E-state index contributed by atoms with van der Waals surface area (Å²) in [7, 11) is -2.96. The third-order valence-corrected chi connectivity index (χ3v) is 10.2. The Morgan fingerprint density at radius 3 is 2.51 bits per heavy atom. The highest BCUT2D eigenvalue weighted by Gasteiger charge is 2.28. The van der Waals surface area contributed by atoms with Crippen molar-refractivity contribution in [3.63, 3.8) is 0 Å². The molecule has 0 bridgehead atoms. The summed E-state index contributed by atoms with van der Waals surface area (Å²) in [5.74, 6) is -4.84. The molecule has 0 saturated heterocycles. The highest BCUT2D eigenvalue weighted by molar-refractivity contribution is 7.92. The van der Waals surface area contributed by atoms with Crippen molar-refractivity contribution in [1.29, 1.82) is 0 Å². The third-order valence-electron chi connectivity index (χ3n) is 6.59. The summed E-state index contributed by atoms with van der Waals surface area (Å²) in [6.45, 7) is 4.91. The van der Waals surface area contributed by atoms with Crippen LogP contribution in [0.1, 0.15) is 57.8 Å². The van der Waals surface area contributed by atoms with Gasteiger partial charge in [-0.25, -0.2) is 18.0 Å². The third kappa shape index (κ3) is 7.96. The highest BCUT2D eigenvalue weighted by atomic mass is 32.2. The van der Waals surface area contributed by atoms with Crippen LogP contribution in [-0.4, -0.2) is 75.2 Å². The standard InChI is InChI=1S/C28H33N3O9S3/c1-4-39-13-12-31-19-11-10-17(26(34)40-5-2)14-21(19)42-28(31)30-23(33)16-43(36,37)15-22(32)29-25-24(27(35)38-3)18-8-6-7-9-20(18)41-25/h10-11,14H,4-9,12-13,15-16H2,1-3H3,(H,29,32). The van der Waals surface area contributed by atoms with Crippen LogP contribution in [0.4, 0.5) is 5.00 Å². The number of methoxy groups -OCH3 is 1. The lowest BCUT2D eigenvalue weighted by molar-refractivity contribution is -0.115. The van der Waals surface area contributed by atoms with Crippen LogP contribution >= 0.6 is 22.7 Å². The number of thiophene rings is 1. The van der Waals surface area contributed by atoms with E-state index in [4.69, 9.17) is 14.2 Å². The van der Waals surface area contributed by atoms with E-state index < -0.39 is 45.1 Å². The summed E-state index contributed by atoms with van der Waals surface area (Å²) < 4.78 is 43.5. The van der Waals surface area contributed by atoms with E-state index in [1.807, 2.05) is 6.92 Å². The lowest BCUT2D eigenvalue weighted by atomic mass is 9.95. The lowest BCUT2D eigenvalue weighted by Gasteiger charge is -2.11. The molecule has 3 aromatic rings. The van der Waals surface area contributed by atoms with Crippen LogP contribution in [0, 0.1) is 0 Å². The molecule has 2 heterocycles. The molecule has 0 unspecified atom stereocenters. The monoisotopic (exact) mass is 651 g/mol. The number of anilines is 1. The molecule has 12 nitrogen and oxygen atoms in total. The van der Waals surface area contributed by atoms with Gasteiger partial charge in [0.25, 0.3) is 5.91 Å². The number of sulfone groups is 1. The smallest absolute Gasteiger partial charge is 0.341 e. The Labute approximate surface area is 256 Å². The maximum absolute atomic E-state index is 12.9. The largest absolute Gasteiger partial charge is 0.465 e. The molecule has 43 heavy (non-hydrogen) atoms. The second-order valence-electron chi connectivity index (χ2n) is 9.63. The number of rotatable bonds is 12. The fourth-order valence-corrected chi connectivity index (χ4v) is 8.15. The second kappa shape index (κ2) is 14.4. The number of ether oxygens (including phenoxy) is 3. The number of benzene rings is 1. The Kier molecular flexibility index (Phi) is 10.9. The molecule has 1 aliphatic carbocycles. The first-order valence-corrected chi connectivity index (χ1v) is 17.2. The van der Waals surface area contributed by atoms with Gasteiger partial charge in [-0.2, -0.15) is 4.99 Å². The number of aromatic nitrogens is 1. The van der Waals surface area contributed by atoms with Crippen molar-refractivity contribution in [1.82, 2.24) is 4.57 Å². The topological polar surface area (TPSA) is 159 Å². The van der Waals surface area contributed by atoms with Gasteiger partial charge in [-0.1, -0.05) is 11.3 Å². The number of thiazole rings is 1. The summed E-state index contributed by atoms with van der Waals surface area (Å²) in [6.07, 6.45) is 3.30. The Morgan fingerprint density at radius 1 is 1.02 bits per heavy atom. The highest BCUT2D eigenvalue weighted by Crippen LogP contribution is 2.38. The number of esters is 2. The maximum Gasteiger partial charge on any atom is 0.341 e. The van der Waals surface area contributed by atoms with Crippen LogP contribution in [0.15, 0.2) is 23.2 Å². The Bertz CT molecular complexity index is 1720. The quantitative estimate of drug-likeness (QED) is 0.229. The van der Waals surface area contributed by atoms with Crippen LogP contribution in [0.3, 0.4) is 0 Å². The summed E-state index contributed by atoms with van der Waals surface area (Å²) in [5.41, 5.74) is 2.10. The number of nitrogens with one attached hydrogen (secondary N) is 1. The van der Waals surface area contributed by atoms with E-state index in [1.54, 1.807) is 29.7 Å². The molecule has 0 fully saturated rings. The van der Waals surface area contributed by atoms with E-state index in [9.17, 15) is 27.6 Å². The number of carbonyl (C=O) groups excluding carboxylic acids is 4. The normalized spacial score (nSPS) is 13.5. The molecule has 232 valence electrons. The van der Waals surface area contributed by atoms with Gasteiger partial charge in [0.2, 0.25) is 5.91 Å². The fraction of sp³-hybridized carbons (Fsp3) is 0.464. The predicted octanol–water partition coefficient (Wildman–Crippen LogP) is 3.12. The molecule has 15 heteroatoms. The number of nitrogens with zero attached hydrogens (tertiary/aromatic N) is 2. The molecule has 2 aromatic heterocycles. The Morgan fingerprint density at radius 2 is 1.79 bits per heavy atom. The fourth-order valence-electron chi connectivity index (χ4n) is 4.73. The van der Waals surface area contributed by atoms with E-state index in [1.165, 1.54) is 18.4 Å². The van der Waals surface area contributed by atoms with Crippen molar-refractivity contribution in [2.75, 3.05) is 43.8 Å². The van der Waals surface area contributed by atoms with Gasteiger partial charge >= 0.3 is 11.9 Å². The van der Waals surface area contributed by atoms with Gasteiger partial charge < -0.3 is 24.1 Å². The molecule has 0 spiro atoms. The number of amides is 2. The average molecular weight is 652 g/mol. The summed E-state index contributed by atoms with van der Waals surface area (Å²) >= 11 is 2.36. The number of carbonyl (C=O) groups is 4. The van der Waals surface area contributed by atoms with Gasteiger partial charge in [-0.3, -0.25) is 9.59 Å². The second-order valence-corrected chi connectivity index (χ2v) is 13.8. The van der Waals surface area contributed by atoms with Gasteiger partial charge in [0.15, 0.2) is 14.6 Å². The predicted molar refractivity (Wildman–Crippen MR) is 162 cm³/mol. The van der Waals surface area contributed by atoms with Crippen molar-refractivity contribution in [3.05, 3.63) is 44.6 Å². The zero-order valence-electron chi connectivity index (χ0n) is 24.1. The number of fused-ring (bicyclic) bond motifs is 2. The molecule has 2 amide bonds.